The topological polar surface area (TPSA) is 66.6 Å². The smallest absolute Gasteiger partial charge is 0.303 e. The number of aromatic nitrogens is 1. The Kier molecular flexibility index (Phi) is 5.16. The lowest BCUT2D eigenvalue weighted by atomic mass is 9.93. The zero-order chi connectivity index (χ0) is 16.3. The third kappa shape index (κ3) is 4.25. The third-order valence-corrected chi connectivity index (χ3v) is 4.11. The highest BCUT2D eigenvalue weighted by Crippen LogP contribution is 2.36. The quantitative estimate of drug-likeness (QED) is 0.904. The zero-order valence-electron chi connectivity index (χ0n) is 12.9. The average Bonchev–Trinajstić information content (AvgIpc) is 2.83. The molecule has 1 N–H and O–H groups in total. The molecular formula is C15H22F2N2O3. The Morgan fingerprint density at radius 1 is 1.55 bits per heavy atom. The van der Waals surface area contributed by atoms with Crippen molar-refractivity contribution in [1.82, 2.24) is 10.1 Å². The number of carbonyl (C=O) groups is 1. The summed E-state index contributed by atoms with van der Waals surface area (Å²) in [5, 5.41) is 12.7. The summed E-state index contributed by atoms with van der Waals surface area (Å²) >= 11 is 0. The molecule has 1 aliphatic rings. The molecule has 0 bridgehead atoms. The number of rotatable bonds is 5. The van der Waals surface area contributed by atoms with Gasteiger partial charge in [0, 0.05) is 37.4 Å². The lowest BCUT2D eigenvalue weighted by Gasteiger charge is -2.22. The summed E-state index contributed by atoms with van der Waals surface area (Å²) in [4.78, 5) is 12.6. The Labute approximate surface area is 128 Å². The monoisotopic (exact) mass is 316 g/mol. The molecule has 22 heavy (non-hydrogen) atoms. The number of hydrogen-bond donors (Lipinski definition) is 1. The minimum atomic E-state index is -2.93. The largest absolute Gasteiger partial charge is 0.481 e. The van der Waals surface area contributed by atoms with Gasteiger partial charge in [0.05, 0.1) is 12.1 Å². The molecule has 0 aliphatic carbocycles. The van der Waals surface area contributed by atoms with E-state index in [9.17, 15) is 13.6 Å². The van der Waals surface area contributed by atoms with Gasteiger partial charge < -0.3 is 9.63 Å². The van der Waals surface area contributed by atoms with Crippen molar-refractivity contribution in [2.24, 2.45) is 5.92 Å². The van der Waals surface area contributed by atoms with E-state index in [4.69, 9.17) is 9.63 Å². The van der Waals surface area contributed by atoms with Crippen LogP contribution in [0.5, 0.6) is 0 Å². The van der Waals surface area contributed by atoms with Crippen molar-refractivity contribution in [2.75, 3.05) is 13.1 Å². The second-order valence-corrected chi connectivity index (χ2v) is 6.25. The third-order valence-electron chi connectivity index (χ3n) is 4.11. The van der Waals surface area contributed by atoms with Crippen LogP contribution in [0.2, 0.25) is 0 Å². The molecule has 0 amide bonds. The number of hydrogen-bond acceptors (Lipinski definition) is 4. The number of nitrogens with zero attached hydrogens (tertiary/aromatic N) is 2. The first-order chi connectivity index (χ1) is 10.3. The molecule has 5 nitrogen and oxygen atoms in total. The first kappa shape index (κ1) is 16.9. The maximum Gasteiger partial charge on any atom is 0.303 e. The Morgan fingerprint density at radius 2 is 2.27 bits per heavy atom. The molecule has 7 heteroatoms. The minimum absolute atomic E-state index is 0.175. The van der Waals surface area contributed by atoms with Gasteiger partial charge in [-0.2, -0.15) is 0 Å². The van der Waals surface area contributed by atoms with Crippen LogP contribution in [0.25, 0.3) is 0 Å². The SMILES string of the molecule is CC(C)c1cc(CN2CCC(CC(=O)O)C(F)(F)CC2)no1. The zero-order valence-corrected chi connectivity index (χ0v) is 12.9. The summed E-state index contributed by atoms with van der Waals surface area (Å²) in [6.07, 6.45) is -0.629. The molecule has 1 saturated heterocycles. The number of halogens is 2. The standard InChI is InChI=1S/C15H22F2N2O3/c1-10(2)13-8-12(18-22-13)9-19-5-3-11(7-14(20)21)15(16,17)4-6-19/h8,10-11H,3-7,9H2,1-2H3,(H,20,21). The van der Waals surface area contributed by atoms with Crippen LogP contribution < -0.4 is 0 Å². The molecule has 0 aromatic carbocycles. The van der Waals surface area contributed by atoms with E-state index in [1.165, 1.54) is 0 Å². The molecule has 0 saturated carbocycles. The van der Waals surface area contributed by atoms with Crippen molar-refractivity contribution in [3.05, 3.63) is 17.5 Å². The van der Waals surface area contributed by atoms with Crippen LogP contribution in [0.15, 0.2) is 10.6 Å². The molecule has 1 aromatic heterocycles. The summed E-state index contributed by atoms with van der Waals surface area (Å²) in [7, 11) is 0. The number of carboxylic acids is 1. The molecule has 0 spiro atoms. The Bertz CT molecular complexity index is 517. The van der Waals surface area contributed by atoms with Crippen LogP contribution >= 0.6 is 0 Å². The molecule has 1 fully saturated rings. The summed E-state index contributed by atoms with van der Waals surface area (Å²) in [5.74, 6) is -4.19. The average molecular weight is 316 g/mol. The maximum atomic E-state index is 14.0. The highest BCUT2D eigenvalue weighted by Gasteiger charge is 2.42. The lowest BCUT2D eigenvalue weighted by Crippen LogP contribution is -2.30. The molecule has 0 radical (unpaired) electrons. The van der Waals surface area contributed by atoms with Gasteiger partial charge in [0.1, 0.15) is 5.76 Å². The molecule has 1 atom stereocenters. The normalized spacial score (nSPS) is 22.7. The van der Waals surface area contributed by atoms with Crippen LogP contribution in [0.4, 0.5) is 8.78 Å². The number of aliphatic carboxylic acids is 1. The van der Waals surface area contributed by atoms with E-state index < -0.39 is 24.2 Å². The molecule has 1 aromatic rings. The predicted octanol–water partition coefficient (Wildman–Crippen LogP) is 3.12. The molecule has 1 unspecified atom stereocenters. The Balaban J connectivity index is 1.98. The first-order valence-corrected chi connectivity index (χ1v) is 7.55. The van der Waals surface area contributed by atoms with Gasteiger partial charge in [0.2, 0.25) is 0 Å². The summed E-state index contributed by atoms with van der Waals surface area (Å²) < 4.78 is 33.2. The lowest BCUT2D eigenvalue weighted by molar-refractivity contribution is -0.143. The van der Waals surface area contributed by atoms with Crippen molar-refractivity contribution in [3.63, 3.8) is 0 Å². The van der Waals surface area contributed by atoms with Gasteiger partial charge in [0.25, 0.3) is 5.92 Å². The van der Waals surface area contributed by atoms with Gasteiger partial charge in [-0.05, 0) is 13.0 Å². The van der Waals surface area contributed by atoms with E-state index in [0.717, 1.165) is 11.5 Å². The van der Waals surface area contributed by atoms with Crippen LogP contribution in [-0.4, -0.2) is 40.1 Å². The van der Waals surface area contributed by atoms with Gasteiger partial charge >= 0.3 is 5.97 Å². The van der Waals surface area contributed by atoms with Gasteiger partial charge in [0.15, 0.2) is 0 Å². The molecule has 124 valence electrons. The van der Waals surface area contributed by atoms with Gasteiger partial charge in [-0.15, -0.1) is 0 Å². The number of alkyl halides is 2. The molecule has 1 aliphatic heterocycles. The second-order valence-electron chi connectivity index (χ2n) is 6.25. The maximum absolute atomic E-state index is 14.0. The van der Waals surface area contributed by atoms with Crippen molar-refractivity contribution in [2.45, 2.75) is 51.5 Å². The van der Waals surface area contributed by atoms with Crippen LogP contribution in [0, 0.1) is 5.92 Å². The van der Waals surface area contributed by atoms with E-state index in [-0.39, 0.29) is 25.3 Å². The highest BCUT2D eigenvalue weighted by atomic mass is 19.3. The van der Waals surface area contributed by atoms with E-state index in [1.54, 1.807) is 0 Å². The first-order valence-electron chi connectivity index (χ1n) is 7.55. The minimum Gasteiger partial charge on any atom is -0.481 e. The summed E-state index contributed by atoms with van der Waals surface area (Å²) in [6, 6.07) is 1.85. The highest BCUT2D eigenvalue weighted by molar-refractivity contribution is 5.67. The Hall–Kier alpha value is -1.50. The fraction of sp³-hybridized carbons (Fsp3) is 0.733. The van der Waals surface area contributed by atoms with Crippen LogP contribution in [-0.2, 0) is 11.3 Å². The van der Waals surface area contributed by atoms with Crippen molar-refractivity contribution < 1.29 is 23.2 Å². The molecular weight excluding hydrogens is 294 g/mol. The van der Waals surface area contributed by atoms with Gasteiger partial charge in [-0.1, -0.05) is 19.0 Å². The fourth-order valence-corrected chi connectivity index (χ4v) is 2.70. The summed E-state index contributed by atoms with van der Waals surface area (Å²) in [6.45, 7) is 5.11. The van der Waals surface area contributed by atoms with Crippen LogP contribution in [0.1, 0.15) is 50.5 Å². The fourth-order valence-electron chi connectivity index (χ4n) is 2.70. The van der Waals surface area contributed by atoms with E-state index in [1.807, 2.05) is 24.8 Å². The van der Waals surface area contributed by atoms with Crippen LogP contribution in [0.3, 0.4) is 0 Å². The predicted molar refractivity (Wildman–Crippen MR) is 75.8 cm³/mol. The van der Waals surface area contributed by atoms with Gasteiger partial charge in [-0.3, -0.25) is 9.69 Å². The number of carboxylic acid groups (broad SMARTS) is 1. The summed E-state index contributed by atoms with van der Waals surface area (Å²) in [5.41, 5.74) is 0.726. The van der Waals surface area contributed by atoms with E-state index in [0.29, 0.717) is 13.1 Å². The van der Waals surface area contributed by atoms with E-state index in [2.05, 4.69) is 5.16 Å². The van der Waals surface area contributed by atoms with Crippen molar-refractivity contribution in [1.29, 1.82) is 0 Å². The molecule has 2 rings (SSSR count). The van der Waals surface area contributed by atoms with E-state index >= 15 is 0 Å². The van der Waals surface area contributed by atoms with Gasteiger partial charge in [-0.25, -0.2) is 8.78 Å². The Morgan fingerprint density at radius 3 is 2.86 bits per heavy atom. The number of likely N-dealkylation sites (tertiary alicyclic amines) is 1. The second kappa shape index (κ2) is 6.73. The van der Waals surface area contributed by atoms with Crippen molar-refractivity contribution in [3.8, 4) is 0 Å². The van der Waals surface area contributed by atoms with Crippen molar-refractivity contribution >= 4 is 5.97 Å². The molecule has 2 heterocycles.